The Morgan fingerprint density at radius 3 is 2.26 bits per heavy atom. The minimum atomic E-state index is -0.681. The third kappa shape index (κ3) is 3.32. The summed E-state index contributed by atoms with van der Waals surface area (Å²) < 4.78 is 5.05. The van der Waals surface area contributed by atoms with Crippen LogP contribution in [0, 0.1) is 0 Å². The van der Waals surface area contributed by atoms with E-state index in [0.29, 0.717) is 11.4 Å². The van der Waals surface area contributed by atoms with Crippen molar-refractivity contribution in [1.82, 2.24) is 0 Å². The van der Waals surface area contributed by atoms with E-state index in [0.717, 1.165) is 0 Å². The van der Waals surface area contributed by atoms with Crippen molar-refractivity contribution in [3.8, 4) is 5.75 Å². The summed E-state index contributed by atoms with van der Waals surface area (Å²) >= 11 is 0. The molecule has 0 saturated heterocycles. The molecule has 96 valence electrons. The highest BCUT2D eigenvalue weighted by molar-refractivity contribution is 6.01. The normalized spacial score (nSPS) is 9.68. The smallest absolute Gasteiger partial charge is 0.410 e. The van der Waals surface area contributed by atoms with Crippen molar-refractivity contribution in [3.63, 3.8) is 0 Å². The highest BCUT2D eigenvalue weighted by atomic mass is 16.6. The lowest BCUT2D eigenvalue weighted by Crippen LogP contribution is -2.20. The lowest BCUT2D eigenvalue weighted by Gasteiger charge is -2.09. The van der Waals surface area contributed by atoms with Crippen molar-refractivity contribution in [2.75, 3.05) is 5.32 Å². The van der Waals surface area contributed by atoms with Gasteiger partial charge in [-0.15, -0.1) is 0 Å². The Morgan fingerprint density at radius 1 is 0.947 bits per heavy atom. The van der Waals surface area contributed by atoms with Crippen LogP contribution in [0.5, 0.6) is 5.75 Å². The van der Waals surface area contributed by atoms with Crippen LogP contribution in [-0.2, 0) is 0 Å². The molecule has 2 amide bonds. The first-order valence-corrected chi connectivity index (χ1v) is 5.59. The van der Waals surface area contributed by atoms with Gasteiger partial charge < -0.3 is 10.5 Å². The molecular weight excluding hydrogens is 244 g/mol. The molecule has 0 aromatic heterocycles. The summed E-state index contributed by atoms with van der Waals surface area (Å²) in [6.45, 7) is 0. The minimum Gasteiger partial charge on any atom is -0.410 e. The number of hydrogen-bond donors (Lipinski definition) is 2. The Bertz CT molecular complexity index is 597. The fraction of sp³-hybridized carbons (Fsp3) is 0. The van der Waals surface area contributed by atoms with Gasteiger partial charge in [-0.1, -0.05) is 30.3 Å². The fourth-order valence-electron chi connectivity index (χ4n) is 1.54. The third-order valence-corrected chi connectivity index (χ3v) is 2.38. The Hall–Kier alpha value is -2.82. The molecule has 2 rings (SSSR count). The van der Waals surface area contributed by atoms with Crippen LogP contribution in [0.25, 0.3) is 0 Å². The average molecular weight is 256 g/mol. The third-order valence-electron chi connectivity index (χ3n) is 2.38. The van der Waals surface area contributed by atoms with Crippen molar-refractivity contribution in [3.05, 3.63) is 60.2 Å². The molecule has 0 unspecified atom stereocenters. The number of para-hydroxylation sites is 2. The van der Waals surface area contributed by atoms with E-state index in [-0.39, 0.29) is 5.56 Å². The maximum Gasteiger partial charge on any atom is 0.417 e. The first-order chi connectivity index (χ1) is 9.16. The molecule has 2 aromatic rings. The van der Waals surface area contributed by atoms with E-state index in [1.807, 2.05) is 6.07 Å². The van der Waals surface area contributed by atoms with Gasteiger partial charge in [-0.3, -0.25) is 10.1 Å². The highest BCUT2D eigenvalue weighted by Crippen LogP contribution is 2.15. The first-order valence-electron chi connectivity index (χ1n) is 5.59. The molecule has 19 heavy (non-hydrogen) atoms. The summed E-state index contributed by atoms with van der Waals surface area (Å²) in [5, 5.41) is 2.48. The van der Waals surface area contributed by atoms with Crippen LogP contribution < -0.4 is 15.8 Å². The molecule has 0 aliphatic heterocycles. The Balaban J connectivity index is 2.09. The van der Waals surface area contributed by atoms with Gasteiger partial charge in [0.15, 0.2) is 0 Å². The molecule has 0 aliphatic rings. The van der Waals surface area contributed by atoms with Gasteiger partial charge in [-0.05, 0) is 24.3 Å². The predicted octanol–water partition coefficient (Wildman–Crippen LogP) is 2.40. The molecule has 0 radical (unpaired) electrons. The van der Waals surface area contributed by atoms with E-state index in [9.17, 15) is 9.59 Å². The summed E-state index contributed by atoms with van der Waals surface area (Å²) in [6.07, 6.45) is -0.681. The number of amides is 2. The van der Waals surface area contributed by atoms with E-state index in [1.165, 1.54) is 6.07 Å². The van der Waals surface area contributed by atoms with Gasteiger partial charge in [0.1, 0.15) is 5.75 Å². The lowest BCUT2D eigenvalue weighted by atomic mass is 10.1. The summed E-state index contributed by atoms with van der Waals surface area (Å²) in [7, 11) is 0. The molecule has 0 atom stereocenters. The number of ether oxygens (including phenoxy) is 1. The summed E-state index contributed by atoms with van der Waals surface area (Å²) in [4.78, 5) is 22.9. The zero-order valence-corrected chi connectivity index (χ0v) is 10.00. The van der Waals surface area contributed by atoms with E-state index < -0.39 is 12.0 Å². The highest BCUT2D eigenvalue weighted by Gasteiger charge is 2.11. The second kappa shape index (κ2) is 5.68. The summed E-state index contributed by atoms with van der Waals surface area (Å²) in [6, 6.07) is 15.1. The number of primary amides is 1. The van der Waals surface area contributed by atoms with E-state index in [1.54, 1.807) is 42.5 Å². The molecule has 0 heterocycles. The minimum absolute atomic E-state index is 0.229. The zero-order valence-electron chi connectivity index (χ0n) is 10.00. The molecular formula is C14H12N2O3. The molecule has 5 heteroatoms. The van der Waals surface area contributed by atoms with Gasteiger partial charge >= 0.3 is 6.09 Å². The number of nitrogens with one attached hydrogen (secondary N) is 1. The predicted molar refractivity (Wildman–Crippen MR) is 71.0 cm³/mol. The molecule has 0 fully saturated rings. The van der Waals surface area contributed by atoms with Crippen LogP contribution in [-0.4, -0.2) is 12.0 Å². The molecule has 0 saturated carbocycles. The van der Waals surface area contributed by atoms with E-state index in [2.05, 4.69) is 5.32 Å². The molecule has 3 N–H and O–H groups in total. The Morgan fingerprint density at radius 2 is 1.58 bits per heavy atom. The van der Waals surface area contributed by atoms with Crippen LogP contribution in [0.3, 0.4) is 0 Å². The van der Waals surface area contributed by atoms with Gasteiger partial charge in [0.05, 0.1) is 11.3 Å². The lowest BCUT2D eigenvalue weighted by molar-refractivity contribution is 0.100. The van der Waals surface area contributed by atoms with Crippen LogP contribution >= 0.6 is 0 Å². The number of carbonyl (C=O) groups is 2. The molecule has 0 aliphatic carbocycles. The van der Waals surface area contributed by atoms with Crippen LogP contribution in [0.2, 0.25) is 0 Å². The first kappa shape index (κ1) is 12.6. The van der Waals surface area contributed by atoms with E-state index >= 15 is 0 Å². The van der Waals surface area contributed by atoms with Crippen LogP contribution in [0.1, 0.15) is 10.4 Å². The van der Waals surface area contributed by atoms with Crippen LogP contribution in [0.4, 0.5) is 10.5 Å². The zero-order chi connectivity index (χ0) is 13.7. The molecule has 0 bridgehead atoms. The standard InChI is InChI=1S/C14H12N2O3/c15-13(17)11-8-4-5-9-12(11)16-14(18)19-10-6-2-1-3-7-10/h1-9H,(H2,15,17)(H,16,18). The quantitative estimate of drug-likeness (QED) is 0.884. The molecule has 0 spiro atoms. The summed E-state index contributed by atoms with van der Waals surface area (Å²) in [5.74, 6) is -0.202. The number of carbonyl (C=O) groups excluding carboxylic acids is 2. The number of benzene rings is 2. The second-order valence-electron chi connectivity index (χ2n) is 3.74. The average Bonchev–Trinajstić information content (AvgIpc) is 2.40. The SMILES string of the molecule is NC(=O)c1ccccc1NC(=O)Oc1ccccc1. The fourth-order valence-corrected chi connectivity index (χ4v) is 1.54. The number of nitrogens with two attached hydrogens (primary N) is 1. The largest absolute Gasteiger partial charge is 0.417 e. The van der Waals surface area contributed by atoms with Crippen molar-refractivity contribution in [2.45, 2.75) is 0 Å². The van der Waals surface area contributed by atoms with Gasteiger partial charge in [-0.2, -0.15) is 0 Å². The monoisotopic (exact) mass is 256 g/mol. The number of rotatable bonds is 3. The topological polar surface area (TPSA) is 81.4 Å². The Labute approximate surface area is 110 Å². The van der Waals surface area contributed by atoms with Gasteiger partial charge in [0.25, 0.3) is 5.91 Å². The number of hydrogen-bond acceptors (Lipinski definition) is 3. The maximum absolute atomic E-state index is 11.7. The molecule has 2 aromatic carbocycles. The van der Waals surface area contributed by atoms with Crippen molar-refractivity contribution in [1.29, 1.82) is 0 Å². The molecule has 5 nitrogen and oxygen atoms in total. The van der Waals surface area contributed by atoms with Gasteiger partial charge in [-0.25, -0.2) is 4.79 Å². The van der Waals surface area contributed by atoms with Gasteiger partial charge in [0, 0.05) is 0 Å². The van der Waals surface area contributed by atoms with Crippen molar-refractivity contribution in [2.24, 2.45) is 5.73 Å². The van der Waals surface area contributed by atoms with Crippen molar-refractivity contribution >= 4 is 17.7 Å². The van der Waals surface area contributed by atoms with E-state index in [4.69, 9.17) is 10.5 Å². The van der Waals surface area contributed by atoms with Crippen molar-refractivity contribution < 1.29 is 14.3 Å². The summed E-state index contributed by atoms with van der Waals surface area (Å²) in [5.41, 5.74) is 5.76. The second-order valence-corrected chi connectivity index (χ2v) is 3.74. The Kier molecular flexibility index (Phi) is 3.78. The number of anilines is 1. The maximum atomic E-state index is 11.7. The van der Waals surface area contributed by atoms with Gasteiger partial charge in [0.2, 0.25) is 0 Å². The van der Waals surface area contributed by atoms with Crippen LogP contribution in [0.15, 0.2) is 54.6 Å².